The Morgan fingerprint density at radius 3 is 2.33 bits per heavy atom. The minimum atomic E-state index is -0.894. The van der Waals surface area contributed by atoms with Gasteiger partial charge in [-0.05, 0) is 20.8 Å². The molecule has 0 aliphatic rings. The molecule has 0 spiro atoms. The van der Waals surface area contributed by atoms with Crippen molar-refractivity contribution in [3.05, 3.63) is 0 Å². The van der Waals surface area contributed by atoms with Crippen LogP contribution in [-0.2, 0) is 9.53 Å². The van der Waals surface area contributed by atoms with Gasteiger partial charge in [0.1, 0.15) is 0 Å². The molecule has 0 saturated heterocycles. The lowest BCUT2D eigenvalue weighted by molar-refractivity contribution is -0.140. The van der Waals surface area contributed by atoms with Gasteiger partial charge in [-0.2, -0.15) is 0 Å². The fourth-order valence-electron chi connectivity index (χ4n) is 1.24. The third kappa shape index (κ3) is 6.43. The average molecular weight is 219 g/mol. The average Bonchev–Trinajstić information content (AvgIpc) is 2.00. The Labute approximate surface area is 90.6 Å². The molecule has 0 amide bonds. The lowest BCUT2D eigenvalue weighted by Gasteiger charge is -2.35. The van der Waals surface area contributed by atoms with Crippen LogP contribution in [0.25, 0.3) is 0 Å². The van der Waals surface area contributed by atoms with Gasteiger partial charge in [0, 0.05) is 19.2 Å². The maximum absolute atomic E-state index is 10.6. The third-order valence-corrected chi connectivity index (χ3v) is 2.06. The van der Waals surface area contributed by atoms with Crippen molar-refractivity contribution in [1.29, 1.82) is 0 Å². The van der Waals surface area contributed by atoms with E-state index in [1.165, 1.54) is 7.11 Å². The first-order valence-corrected chi connectivity index (χ1v) is 4.91. The van der Waals surface area contributed by atoms with Crippen LogP contribution in [0.1, 0.15) is 20.8 Å². The molecule has 0 saturated carbocycles. The van der Waals surface area contributed by atoms with Crippen LogP contribution >= 0.6 is 0 Å². The molecular formula is C10H21NO4. The number of hydrogen-bond donors (Lipinski definition) is 2. The first-order valence-electron chi connectivity index (χ1n) is 4.91. The molecule has 0 aromatic rings. The van der Waals surface area contributed by atoms with Crippen LogP contribution in [0.3, 0.4) is 0 Å². The minimum absolute atomic E-state index is 0.0791. The number of carbonyl (C=O) groups is 1. The van der Waals surface area contributed by atoms with Crippen LogP contribution in [0.4, 0.5) is 0 Å². The van der Waals surface area contributed by atoms with Gasteiger partial charge in [0.15, 0.2) is 0 Å². The van der Waals surface area contributed by atoms with Gasteiger partial charge in [0.05, 0.1) is 19.3 Å². The minimum Gasteiger partial charge on any atom is -0.480 e. The molecule has 15 heavy (non-hydrogen) atoms. The number of carboxylic acid groups (broad SMARTS) is 1. The molecule has 2 N–H and O–H groups in total. The number of carboxylic acids is 1. The summed E-state index contributed by atoms with van der Waals surface area (Å²) in [5.41, 5.74) is -0.285. The number of methoxy groups -OCH3 is 1. The van der Waals surface area contributed by atoms with Crippen molar-refractivity contribution in [2.45, 2.75) is 32.4 Å². The number of ether oxygens (including phenoxy) is 1. The molecule has 0 aromatic carbocycles. The van der Waals surface area contributed by atoms with Crippen LogP contribution in [-0.4, -0.2) is 59.5 Å². The Hall–Kier alpha value is -0.650. The number of aliphatic hydroxyl groups is 1. The normalized spacial score (nSPS) is 14.3. The van der Waals surface area contributed by atoms with E-state index in [1.807, 2.05) is 20.8 Å². The van der Waals surface area contributed by atoms with Crippen molar-refractivity contribution in [2.24, 2.45) is 0 Å². The summed E-state index contributed by atoms with van der Waals surface area (Å²) in [6.07, 6.45) is -0.659. The van der Waals surface area contributed by atoms with Crippen LogP contribution in [0, 0.1) is 0 Å². The van der Waals surface area contributed by atoms with Gasteiger partial charge in [-0.15, -0.1) is 0 Å². The maximum atomic E-state index is 10.6. The SMILES string of the molecule is COCC(O)CN(CC(=O)O)C(C)(C)C. The molecule has 0 aliphatic heterocycles. The van der Waals surface area contributed by atoms with E-state index < -0.39 is 12.1 Å². The van der Waals surface area contributed by atoms with E-state index in [9.17, 15) is 9.90 Å². The molecule has 0 heterocycles. The van der Waals surface area contributed by atoms with Gasteiger partial charge >= 0.3 is 5.97 Å². The van der Waals surface area contributed by atoms with Crippen LogP contribution in [0.5, 0.6) is 0 Å². The van der Waals surface area contributed by atoms with Crippen molar-refractivity contribution >= 4 is 5.97 Å². The number of aliphatic hydroxyl groups excluding tert-OH is 1. The smallest absolute Gasteiger partial charge is 0.317 e. The predicted molar refractivity (Wildman–Crippen MR) is 56.8 cm³/mol. The molecule has 0 fully saturated rings. The fourth-order valence-corrected chi connectivity index (χ4v) is 1.24. The monoisotopic (exact) mass is 219 g/mol. The second kappa shape index (κ2) is 6.05. The Bertz CT molecular complexity index is 200. The fraction of sp³-hybridized carbons (Fsp3) is 0.900. The van der Waals surface area contributed by atoms with Gasteiger partial charge in [-0.25, -0.2) is 0 Å². The number of nitrogens with zero attached hydrogens (tertiary/aromatic N) is 1. The largest absolute Gasteiger partial charge is 0.480 e. The Morgan fingerprint density at radius 1 is 1.47 bits per heavy atom. The highest BCUT2D eigenvalue weighted by Crippen LogP contribution is 2.13. The quantitative estimate of drug-likeness (QED) is 0.667. The van der Waals surface area contributed by atoms with Crippen molar-refractivity contribution in [3.63, 3.8) is 0 Å². The van der Waals surface area contributed by atoms with E-state index in [2.05, 4.69) is 0 Å². The summed E-state index contributed by atoms with van der Waals surface area (Å²) >= 11 is 0. The Kier molecular flexibility index (Phi) is 5.79. The molecule has 0 aromatic heterocycles. The topological polar surface area (TPSA) is 70.0 Å². The highest BCUT2D eigenvalue weighted by atomic mass is 16.5. The molecule has 0 radical (unpaired) electrons. The number of β-amino-alcohol motifs (C(OH)–C–C–N with tert-alkyl or cyclic N) is 1. The summed E-state index contributed by atoms with van der Waals surface area (Å²) in [7, 11) is 1.50. The highest BCUT2D eigenvalue weighted by Gasteiger charge is 2.25. The molecule has 0 rings (SSSR count). The van der Waals surface area contributed by atoms with Gasteiger partial charge in [0.25, 0.3) is 0 Å². The van der Waals surface area contributed by atoms with Crippen molar-refractivity contribution in [3.8, 4) is 0 Å². The van der Waals surface area contributed by atoms with Gasteiger partial charge < -0.3 is 14.9 Å². The van der Waals surface area contributed by atoms with Gasteiger partial charge in [0.2, 0.25) is 0 Å². The standard InChI is InChI=1S/C10H21NO4/c1-10(2,3)11(6-9(13)14)5-8(12)7-15-4/h8,12H,5-7H2,1-4H3,(H,13,14). The summed E-state index contributed by atoms with van der Waals surface area (Å²) in [4.78, 5) is 12.3. The van der Waals surface area contributed by atoms with Crippen molar-refractivity contribution in [2.75, 3.05) is 26.8 Å². The lowest BCUT2D eigenvalue weighted by atomic mass is 10.1. The molecule has 1 atom stereocenters. The van der Waals surface area contributed by atoms with E-state index in [4.69, 9.17) is 9.84 Å². The summed E-state index contributed by atoms with van der Waals surface area (Å²) in [6.45, 7) is 6.17. The van der Waals surface area contributed by atoms with Crippen molar-refractivity contribution < 1.29 is 19.7 Å². The molecule has 0 aliphatic carbocycles. The summed E-state index contributed by atoms with van der Waals surface area (Å²) in [5.74, 6) is -0.894. The van der Waals surface area contributed by atoms with Gasteiger partial charge in [-0.1, -0.05) is 0 Å². The molecule has 1 unspecified atom stereocenters. The lowest BCUT2D eigenvalue weighted by Crippen LogP contribution is -2.48. The summed E-state index contributed by atoms with van der Waals surface area (Å²) < 4.78 is 4.80. The van der Waals surface area contributed by atoms with Crippen molar-refractivity contribution in [1.82, 2.24) is 4.90 Å². The van der Waals surface area contributed by atoms with Gasteiger partial charge in [-0.3, -0.25) is 9.69 Å². The zero-order valence-electron chi connectivity index (χ0n) is 9.86. The first kappa shape index (κ1) is 14.3. The summed E-state index contributed by atoms with van der Waals surface area (Å²) in [5, 5.41) is 18.3. The van der Waals surface area contributed by atoms with E-state index >= 15 is 0 Å². The molecular weight excluding hydrogens is 198 g/mol. The molecule has 5 nitrogen and oxygen atoms in total. The maximum Gasteiger partial charge on any atom is 0.317 e. The van der Waals surface area contributed by atoms with E-state index in [1.54, 1.807) is 4.90 Å². The Balaban J connectivity index is 4.31. The summed E-state index contributed by atoms with van der Waals surface area (Å²) in [6, 6.07) is 0. The van der Waals surface area contributed by atoms with E-state index in [0.29, 0.717) is 6.54 Å². The molecule has 90 valence electrons. The number of rotatable bonds is 6. The highest BCUT2D eigenvalue weighted by molar-refractivity contribution is 5.69. The molecule has 0 bridgehead atoms. The molecule has 5 heteroatoms. The second-order valence-electron chi connectivity index (χ2n) is 4.55. The predicted octanol–water partition coefficient (Wildman–Crippen LogP) is 0.179. The second-order valence-corrected chi connectivity index (χ2v) is 4.55. The van der Waals surface area contributed by atoms with E-state index in [-0.39, 0.29) is 18.7 Å². The first-order chi connectivity index (χ1) is 6.77. The number of aliphatic carboxylic acids is 1. The number of hydrogen-bond acceptors (Lipinski definition) is 4. The van der Waals surface area contributed by atoms with Crippen LogP contribution in [0.15, 0.2) is 0 Å². The van der Waals surface area contributed by atoms with Crippen LogP contribution in [0.2, 0.25) is 0 Å². The van der Waals surface area contributed by atoms with E-state index in [0.717, 1.165) is 0 Å². The zero-order chi connectivity index (χ0) is 12.1. The third-order valence-electron chi connectivity index (χ3n) is 2.06. The van der Waals surface area contributed by atoms with Crippen LogP contribution < -0.4 is 0 Å². The Morgan fingerprint density at radius 2 is 2.00 bits per heavy atom. The zero-order valence-corrected chi connectivity index (χ0v) is 9.86.